The molecule has 0 aliphatic carbocycles. The zero-order valence-corrected chi connectivity index (χ0v) is 22.6. The Kier molecular flexibility index (Phi) is 8.16. The maximum absolute atomic E-state index is 14.3. The predicted molar refractivity (Wildman–Crippen MR) is 142 cm³/mol. The van der Waals surface area contributed by atoms with Crippen molar-refractivity contribution in [2.45, 2.75) is 33.7 Å². The first-order valence-electron chi connectivity index (χ1n) is 11.9. The number of benzene rings is 1. The van der Waals surface area contributed by atoms with Crippen LogP contribution < -0.4 is 9.64 Å². The second kappa shape index (κ2) is 11.0. The fraction of sp³-hybridized carbons (Fsp3) is 0.500. The molecule has 8 nitrogen and oxygen atoms in total. The van der Waals surface area contributed by atoms with Crippen LogP contribution in [0.4, 0.5) is 5.69 Å². The Balaban J connectivity index is 1.75. The van der Waals surface area contributed by atoms with Gasteiger partial charge in [0.1, 0.15) is 18.4 Å². The second-order valence-electron chi connectivity index (χ2n) is 9.13. The van der Waals surface area contributed by atoms with Crippen LogP contribution in [0.3, 0.4) is 0 Å². The molecule has 36 heavy (non-hydrogen) atoms. The second-order valence-corrected chi connectivity index (χ2v) is 11.8. The molecule has 3 heterocycles. The van der Waals surface area contributed by atoms with Crippen molar-refractivity contribution in [1.29, 1.82) is 0 Å². The number of likely N-dealkylation sites (tertiary alicyclic amines) is 1. The number of alkyl halides is 1. The highest BCUT2D eigenvalue weighted by Gasteiger charge is 2.76. The number of nitrogens with zero attached hydrogens (tertiary/aromatic N) is 2. The van der Waals surface area contributed by atoms with E-state index in [9.17, 15) is 19.5 Å². The zero-order valence-electron chi connectivity index (χ0n) is 20.2. The molecule has 0 saturated carbocycles. The smallest absolute Gasteiger partial charge is 0.311 e. The molecule has 3 aliphatic rings. The Labute approximate surface area is 223 Å². The number of ether oxygens (including phenoxy) is 2. The normalized spacial score (nSPS) is 30.1. The molecule has 6 atom stereocenters. The van der Waals surface area contributed by atoms with E-state index in [-0.39, 0.29) is 48.2 Å². The van der Waals surface area contributed by atoms with Crippen molar-refractivity contribution in [3.05, 3.63) is 49.6 Å². The van der Waals surface area contributed by atoms with Gasteiger partial charge in [-0.25, -0.2) is 0 Å². The van der Waals surface area contributed by atoms with Gasteiger partial charge in [0.25, 0.3) is 5.91 Å². The van der Waals surface area contributed by atoms with E-state index in [2.05, 4.69) is 29.1 Å². The van der Waals surface area contributed by atoms with Crippen LogP contribution in [0.5, 0.6) is 5.75 Å². The Morgan fingerprint density at radius 1 is 1.31 bits per heavy atom. The first kappa shape index (κ1) is 26.8. The highest BCUT2D eigenvalue weighted by molar-refractivity contribution is 9.09. The van der Waals surface area contributed by atoms with Gasteiger partial charge in [-0.3, -0.25) is 14.4 Å². The molecule has 1 aromatic carbocycles. The first-order chi connectivity index (χ1) is 17.3. The van der Waals surface area contributed by atoms with Crippen LogP contribution in [0.2, 0.25) is 0 Å². The number of carbonyl (C=O) groups excluding carboxylic acids is 3. The van der Waals surface area contributed by atoms with Gasteiger partial charge in [-0.2, -0.15) is 0 Å². The van der Waals surface area contributed by atoms with E-state index >= 15 is 0 Å². The van der Waals surface area contributed by atoms with Crippen molar-refractivity contribution in [2.24, 2.45) is 11.8 Å². The number of hydrogen-bond donors (Lipinski definition) is 1. The molecule has 2 amide bonds. The number of fused-ring (bicyclic) bond motifs is 1. The van der Waals surface area contributed by atoms with Gasteiger partial charge in [-0.1, -0.05) is 34.7 Å². The number of aliphatic hydroxyl groups excluding tert-OH is 1. The molecule has 1 aromatic rings. The van der Waals surface area contributed by atoms with Gasteiger partial charge in [0.15, 0.2) is 0 Å². The number of thioether (sulfide) groups is 1. The first-order valence-corrected chi connectivity index (χ1v) is 13.7. The lowest BCUT2D eigenvalue weighted by molar-refractivity contribution is -0.153. The average molecular weight is 580 g/mol. The number of rotatable bonds is 11. The summed E-state index contributed by atoms with van der Waals surface area (Å²) in [7, 11) is 1.57. The Morgan fingerprint density at radius 3 is 2.64 bits per heavy atom. The summed E-state index contributed by atoms with van der Waals surface area (Å²) in [5.41, 5.74) is 0.657. The number of anilines is 1. The fourth-order valence-corrected chi connectivity index (χ4v) is 9.35. The van der Waals surface area contributed by atoms with Gasteiger partial charge in [-0.15, -0.1) is 18.3 Å². The van der Waals surface area contributed by atoms with E-state index in [1.807, 2.05) is 0 Å². The van der Waals surface area contributed by atoms with E-state index in [1.165, 1.54) is 6.08 Å². The maximum atomic E-state index is 14.3. The lowest BCUT2D eigenvalue weighted by atomic mass is 9.71. The number of esters is 1. The van der Waals surface area contributed by atoms with Gasteiger partial charge in [-0.05, 0) is 37.1 Å². The van der Waals surface area contributed by atoms with Crippen molar-refractivity contribution in [3.63, 3.8) is 0 Å². The molecule has 3 fully saturated rings. The van der Waals surface area contributed by atoms with Crippen LogP contribution in [0, 0.1) is 11.8 Å². The number of methoxy groups -OCH3 is 1. The van der Waals surface area contributed by atoms with Gasteiger partial charge in [0, 0.05) is 35.5 Å². The fourth-order valence-electron chi connectivity index (χ4n) is 5.76. The largest absolute Gasteiger partial charge is 0.497 e. The number of amides is 2. The summed E-state index contributed by atoms with van der Waals surface area (Å²) in [6.07, 6.45) is 4.05. The minimum Gasteiger partial charge on any atom is -0.497 e. The van der Waals surface area contributed by atoms with Crippen molar-refractivity contribution in [2.75, 3.05) is 38.3 Å². The maximum Gasteiger partial charge on any atom is 0.311 e. The van der Waals surface area contributed by atoms with E-state index in [0.717, 1.165) is 0 Å². The molecule has 3 aliphatic heterocycles. The summed E-state index contributed by atoms with van der Waals surface area (Å²) in [4.78, 5) is 44.4. The molecule has 2 bridgehead atoms. The lowest BCUT2D eigenvalue weighted by Gasteiger charge is -2.37. The van der Waals surface area contributed by atoms with Gasteiger partial charge >= 0.3 is 5.97 Å². The third-order valence-corrected chi connectivity index (χ3v) is 10.4. The quantitative estimate of drug-likeness (QED) is 0.245. The molecule has 3 unspecified atom stereocenters. The molecule has 194 valence electrons. The molecule has 0 radical (unpaired) electrons. The Hall–Kier alpha value is -2.30. The minimum atomic E-state index is -0.796. The number of hydrogen-bond acceptors (Lipinski definition) is 7. The highest BCUT2D eigenvalue weighted by atomic mass is 79.9. The minimum absolute atomic E-state index is 0.0465. The number of halogens is 1. The molecular weight excluding hydrogens is 548 g/mol. The van der Waals surface area contributed by atoms with Crippen molar-refractivity contribution >= 4 is 51.2 Å². The lowest BCUT2D eigenvalue weighted by Crippen LogP contribution is -2.55. The van der Waals surface area contributed by atoms with Crippen LogP contribution in [0.25, 0.3) is 0 Å². The molecule has 0 aromatic heterocycles. The third-order valence-electron chi connectivity index (χ3n) is 7.16. The monoisotopic (exact) mass is 578 g/mol. The molecular formula is C26H31BrN2O6S. The Morgan fingerprint density at radius 2 is 2.03 bits per heavy atom. The summed E-state index contributed by atoms with van der Waals surface area (Å²) in [6.45, 7) is 7.86. The highest BCUT2D eigenvalue weighted by Crippen LogP contribution is 2.68. The number of carbonyl (C=O) groups is 3. The molecule has 4 rings (SSSR count). The van der Waals surface area contributed by atoms with Crippen LogP contribution >= 0.6 is 27.7 Å². The third kappa shape index (κ3) is 4.37. The van der Waals surface area contributed by atoms with E-state index in [0.29, 0.717) is 24.3 Å². The van der Waals surface area contributed by atoms with E-state index in [1.54, 1.807) is 59.0 Å². The topological polar surface area (TPSA) is 96.4 Å². The van der Waals surface area contributed by atoms with E-state index < -0.39 is 28.6 Å². The number of aliphatic hydroxyl groups is 1. The van der Waals surface area contributed by atoms with Crippen LogP contribution in [-0.4, -0.2) is 82.1 Å². The molecule has 3 saturated heterocycles. The standard InChI is InChI=1S/C26H31BrN2O6S/c1-4-11-28(16-7-9-17(34-3)10-8-16)24(32)22-26-15-18(27)21(36-26)19(25(33)35-14-5-2)20(26)23(31)29(22)12-6-13-30/h4-5,7-10,18-22,30H,1-2,6,11-15H2,3H3/t18?,19-,20+,21-,22?,26?/m1/s1. The summed E-state index contributed by atoms with van der Waals surface area (Å²) in [5, 5.41) is 9.34. The summed E-state index contributed by atoms with van der Waals surface area (Å²) < 4.78 is 9.87. The zero-order chi connectivity index (χ0) is 26.0. The van der Waals surface area contributed by atoms with Gasteiger partial charge in [0.05, 0.1) is 23.7 Å². The van der Waals surface area contributed by atoms with E-state index in [4.69, 9.17) is 9.47 Å². The molecule has 1 spiro atoms. The van der Waals surface area contributed by atoms with Crippen LogP contribution in [0.1, 0.15) is 12.8 Å². The predicted octanol–water partition coefficient (Wildman–Crippen LogP) is 2.79. The Bertz CT molecular complexity index is 1040. The van der Waals surface area contributed by atoms with Gasteiger partial charge < -0.3 is 24.4 Å². The average Bonchev–Trinajstić information content (AvgIpc) is 3.47. The molecule has 10 heteroatoms. The summed E-state index contributed by atoms with van der Waals surface area (Å²) >= 11 is 5.28. The summed E-state index contributed by atoms with van der Waals surface area (Å²) in [6, 6.07) is 6.35. The van der Waals surface area contributed by atoms with Crippen LogP contribution in [-0.2, 0) is 19.1 Å². The van der Waals surface area contributed by atoms with Crippen molar-refractivity contribution in [1.82, 2.24) is 4.90 Å². The molecule has 1 N–H and O–H groups in total. The van der Waals surface area contributed by atoms with Crippen LogP contribution in [0.15, 0.2) is 49.6 Å². The van der Waals surface area contributed by atoms with Crippen molar-refractivity contribution < 1.29 is 29.0 Å². The SMILES string of the molecule is C=CCOC(=O)[C@H]1[C@@H]2SC3(CC2Br)C(C(=O)N(CC=C)c2ccc(OC)cc2)N(CCCO)C(=O)[C@H]13. The van der Waals surface area contributed by atoms with Crippen molar-refractivity contribution in [3.8, 4) is 5.75 Å². The summed E-state index contributed by atoms with van der Waals surface area (Å²) in [5.74, 6) is -1.58. The van der Waals surface area contributed by atoms with Gasteiger partial charge in [0.2, 0.25) is 5.91 Å².